The van der Waals surface area contributed by atoms with Gasteiger partial charge in [-0.1, -0.05) is 18.2 Å². The van der Waals surface area contributed by atoms with Gasteiger partial charge in [0.05, 0.1) is 5.56 Å². The quantitative estimate of drug-likeness (QED) is 0.587. The number of rotatable bonds is 4. The molecule has 0 radical (unpaired) electrons. The van der Waals surface area contributed by atoms with Crippen LogP contribution in [-0.2, 0) is 18.3 Å². The summed E-state index contributed by atoms with van der Waals surface area (Å²) in [6, 6.07) is 9.39. The number of pyridine rings is 1. The molecule has 3 N–H and O–H groups in total. The van der Waals surface area contributed by atoms with Crippen LogP contribution in [0.5, 0.6) is 0 Å². The molecule has 0 saturated heterocycles. The largest absolute Gasteiger partial charge is 0.350 e. The highest BCUT2D eigenvalue weighted by molar-refractivity contribution is 6.07. The molecule has 0 aliphatic carbocycles. The molecule has 148 valence electrons. The lowest BCUT2D eigenvalue weighted by Crippen LogP contribution is -2.41. The Balaban J connectivity index is 1.64. The molecule has 0 bridgehead atoms. The average Bonchev–Trinajstić information content (AvgIpc) is 3.03. The Bertz CT molecular complexity index is 1210. The smallest absolute Gasteiger partial charge is 0.271 e. The number of hydrazine groups is 1. The van der Waals surface area contributed by atoms with E-state index in [9.17, 15) is 14.4 Å². The molecule has 8 heteroatoms. The molecule has 2 aromatic heterocycles. The Morgan fingerprint density at radius 2 is 1.93 bits per heavy atom. The number of hydrogen-bond acceptors (Lipinski definition) is 4. The van der Waals surface area contributed by atoms with Crippen molar-refractivity contribution in [3.05, 3.63) is 68.8 Å². The Morgan fingerprint density at radius 3 is 2.66 bits per heavy atom. The average molecular weight is 391 g/mol. The van der Waals surface area contributed by atoms with Crippen LogP contribution in [0.25, 0.3) is 10.9 Å². The molecule has 0 atom stereocenters. The minimum absolute atomic E-state index is 0.0512. The first kappa shape index (κ1) is 19.9. The van der Waals surface area contributed by atoms with Gasteiger partial charge in [0, 0.05) is 36.3 Å². The summed E-state index contributed by atoms with van der Waals surface area (Å²) in [7, 11) is 1.85. The van der Waals surface area contributed by atoms with Gasteiger partial charge in [-0.15, -0.1) is 0 Å². The van der Waals surface area contributed by atoms with Gasteiger partial charge in [-0.05, 0) is 37.5 Å². The number of aryl methyl sites for hydroxylation is 2. The predicted molar refractivity (Wildman–Crippen MR) is 108 cm³/mol. The van der Waals surface area contributed by atoms with E-state index in [1.54, 1.807) is 20.0 Å². The number of benzene rings is 1. The standard InChI is InChI=1S/C21H21N5O3/c1-12-14(13(2)23-20(28)16(12)10-22)8-9-19(27)24-25-21(29)17-11-26(3)18-7-5-4-6-15(17)18/h4-7,11H,8-9H2,1-3H3,(H,23,28)(H,24,27)(H,25,29). The van der Waals surface area contributed by atoms with Crippen molar-refractivity contribution in [3.8, 4) is 6.07 Å². The normalized spacial score (nSPS) is 10.6. The van der Waals surface area contributed by atoms with Crippen LogP contribution in [0.1, 0.15) is 39.2 Å². The zero-order valence-corrected chi connectivity index (χ0v) is 16.4. The van der Waals surface area contributed by atoms with Gasteiger partial charge in [0.15, 0.2) is 0 Å². The van der Waals surface area contributed by atoms with Crippen molar-refractivity contribution in [2.45, 2.75) is 26.7 Å². The highest BCUT2D eigenvalue weighted by Gasteiger charge is 2.16. The Morgan fingerprint density at radius 1 is 1.21 bits per heavy atom. The summed E-state index contributed by atoms with van der Waals surface area (Å²) >= 11 is 0. The number of amides is 2. The van der Waals surface area contributed by atoms with E-state index in [0.29, 0.717) is 23.2 Å². The molecule has 2 amide bonds. The second-order valence-electron chi connectivity index (χ2n) is 6.84. The second-order valence-corrected chi connectivity index (χ2v) is 6.84. The summed E-state index contributed by atoms with van der Waals surface area (Å²) < 4.78 is 1.85. The summed E-state index contributed by atoms with van der Waals surface area (Å²) in [5.74, 6) is -0.777. The van der Waals surface area contributed by atoms with Crippen LogP contribution in [0.3, 0.4) is 0 Å². The van der Waals surface area contributed by atoms with Crippen molar-refractivity contribution >= 4 is 22.7 Å². The fourth-order valence-corrected chi connectivity index (χ4v) is 3.44. The number of nitrogens with zero attached hydrogens (tertiary/aromatic N) is 2. The molecule has 2 heterocycles. The maximum absolute atomic E-state index is 12.5. The third kappa shape index (κ3) is 3.89. The lowest BCUT2D eigenvalue weighted by atomic mass is 9.99. The van der Waals surface area contributed by atoms with Crippen LogP contribution in [0.15, 0.2) is 35.3 Å². The predicted octanol–water partition coefficient (Wildman–Crippen LogP) is 1.75. The Hall–Kier alpha value is -3.86. The molecule has 0 aliphatic heterocycles. The number of nitriles is 1. The van der Waals surface area contributed by atoms with Gasteiger partial charge < -0.3 is 9.55 Å². The molecule has 8 nitrogen and oxygen atoms in total. The third-order valence-electron chi connectivity index (χ3n) is 4.98. The van der Waals surface area contributed by atoms with E-state index in [4.69, 9.17) is 5.26 Å². The zero-order valence-electron chi connectivity index (χ0n) is 16.4. The first-order chi connectivity index (χ1) is 13.8. The fourth-order valence-electron chi connectivity index (χ4n) is 3.44. The molecule has 0 spiro atoms. The van der Waals surface area contributed by atoms with Gasteiger partial charge in [0.25, 0.3) is 11.5 Å². The van der Waals surface area contributed by atoms with Gasteiger partial charge in [-0.25, -0.2) is 0 Å². The second kappa shape index (κ2) is 8.02. The first-order valence-corrected chi connectivity index (χ1v) is 9.09. The van der Waals surface area contributed by atoms with Crippen LogP contribution < -0.4 is 16.4 Å². The number of carbonyl (C=O) groups is 2. The highest BCUT2D eigenvalue weighted by atomic mass is 16.2. The molecule has 3 aromatic rings. The summed E-state index contributed by atoms with van der Waals surface area (Å²) in [5.41, 5.74) is 7.80. The van der Waals surface area contributed by atoms with E-state index in [-0.39, 0.29) is 17.9 Å². The van der Waals surface area contributed by atoms with E-state index in [1.807, 2.05) is 41.9 Å². The number of aromatic amines is 1. The fraction of sp³-hybridized carbons (Fsp3) is 0.238. The van der Waals surface area contributed by atoms with Crippen molar-refractivity contribution in [2.75, 3.05) is 0 Å². The summed E-state index contributed by atoms with van der Waals surface area (Å²) in [5, 5.41) is 9.92. The van der Waals surface area contributed by atoms with Crippen LogP contribution in [0.4, 0.5) is 0 Å². The number of hydrogen-bond donors (Lipinski definition) is 3. The molecular formula is C21H21N5O3. The number of nitrogens with one attached hydrogen (secondary N) is 3. The van der Waals surface area contributed by atoms with Gasteiger partial charge >= 0.3 is 0 Å². The molecule has 29 heavy (non-hydrogen) atoms. The third-order valence-corrected chi connectivity index (χ3v) is 4.98. The number of aromatic nitrogens is 2. The van der Waals surface area contributed by atoms with E-state index >= 15 is 0 Å². The van der Waals surface area contributed by atoms with Crippen molar-refractivity contribution in [3.63, 3.8) is 0 Å². The number of para-hydroxylation sites is 1. The topological polar surface area (TPSA) is 120 Å². The van der Waals surface area contributed by atoms with E-state index in [1.165, 1.54) is 0 Å². The number of carbonyl (C=O) groups excluding carboxylic acids is 2. The van der Waals surface area contributed by atoms with Crippen molar-refractivity contribution in [2.24, 2.45) is 7.05 Å². The van der Waals surface area contributed by atoms with Gasteiger partial charge in [-0.2, -0.15) is 5.26 Å². The van der Waals surface area contributed by atoms with E-state index in [2.05, 4.69) is 15.8 Å². The van der Waals surface area contributed by atoms with Crippen molar-refractivity contribution in [1.29, 1.82) is 5.26 Å². The molecular weight excluding hydrogens is 370 g/mol. The SMILES string of the molecule is Cc1[nH]c(=O)c(C#N)c(C)c1CCC(=O)NNC(=O)c1cn(C)c2ccccc12. The molecule has 0 saturated carbocycles. The van der Waals surface area contributed by atoms with Crippen LogP contribution in [-0.4, -0.2) is 21.4 Å². The summed E-state index contributed by atoms with van der Waals surface area (Å²) in [6.45, 7) is 3.42. The molecule has 1 aromatic carbocycles. The van der Waals surface area contributed by atoms with Gasteiger partial charge in [0.1, 0.15) is 11.6 Å². The minimum Gasteiger partial charge on any atom is -0.350 e. The Kier molecular flexibility index (Phi) is 5.50. The van der Waals surface area contributed by atoms with Crippen molar-refractivity contribution in [1.82, 2.24) is 20.4 Å². The van der Waals surface area contributed by atoms with E-state index < -0.39 is 11.5 Å². The van der Waals surface area contributed by atoms with Crippen LogP contribution in [0, 0.1) is 25.2 Å². The lowest BCUT2D eigenvalue weighted by Gasteiger charge is -2.11. The van der Waals surface area contributed by atoms with Gasteiger partial charge in [0.2, 0.25) is 5.91 Å². The van der Waals surface area contributed by atoms with Crippen LogP contribution >= 0.6 is 0 Å². The van der Waals surface area contributed by atoms with E-state index in [0.717, 1.165) is 16.5 Å². The van der Waals surface area contributed by atoms with Crippen LogP contribution in [0.2, 0.25) is 0 Å². The summed E-state index contributed by atoms with van der Waals surface area (Å²) in [6.07, 6.45) is 2.14. The zero-order chi connectivity index (χ0) is 21.1. The maximum atomic E-state index is 12.5. The van der Waals surface area contributed by atoms with Crippen molar-refractivity contribution < 1.29 is 9.59 Å². The Labute approximate surface area is 167 Å². The number of fused-ring (bicyclic) bond motifs is 1. The molecule has 0 aliphatic rings. The lowest BCUT2D eigenvalue weighted by molar-refractivity contribution is -0.121. The number of H-pyrrole nitrogens is 1. The summed E-state index contributed by atoms with van der Waals surface area (Å²) in [4.78, 5) is 39.1. The molecule has 0 fully saturated rings. The molecule has 3 rings (SSSR count). The first-order valence-electron chi connectivity index (χ1n) is 9.09. The molecule has 0 unspecified atom stereocenters. The van der Waals surface area contributed by atoms with Gasteiger partial charge in [-0.3, -0.25) is 25.2 Å². The monoisotopic (exact) mass is 391 g/mol. The maximum Gasteiger partial charge on any atom is 0.271 e. The minimum atomic E-state index is -0.432. The highest BCUT2D eigenvalue weighted by Crippen LogP contribution is 2.20.